The zero-order chi connectivity index (χ0) is 12.8. The second kappa shape index (κ2) is 5.97. The smallest absolute Gasteiger partial charge is 0.312 e. The van der Waals surface area contributed by atoms with Gasteiger partial charge in [0.25, 0.3) is 0 Å². The van der Waals surface area contributed by atoms with E-state index in [1.165, 1.54) is 0 Å². The number of nitrogens with two attached hydrogens (primary N) is 2. The summed E-state index contributed by atoms with van der Waals surface area (Å²) < 4.78 is 1.71. The van der Waals surface area contributed by atoms with Crippen LogP contribution in [-0.2, 0) is 13.5 Å². The molecule has 2 amide bonds. The van der Waals surface area contributed by atoms with Crippen LogP contribution in [0.4, 0.5) is 16.3 Å². The maximum atomic E-state index is 10.5. The molecule has 0 bridgehead atoms. The van der Waals surface area contributed by atoms with Crippen molar-refractivity contribution in [2.45, 2.75) is 19.8 Å². The second-order valence-electron chi connectivity index (χ2n) is 3.80. The van der Waals surface area contributed by atoms with Crippen LogP contribution >= 0.6 is 0 Å². The Morgan fingerprint density at radius 1 is 1.47 bits per heavy atom. The number of nitrogens with zero attached hydrogens (tertiary/aromatic N) is 2. The number of aryl methyl sites for hydroxylation is 2. The molecule has 17 heavy (non-hydrogen) atoms. The minimum Gasteiger partial charge on any atom is -0.394 e. The van der Waals surface area contributed by atoms with Crippen molar-refractivity contribution in [3.8, 4) is 0 Å². The molecular weight excluding hydrogens is 220 g/mol. The summed E-state index contributed by atoms with van der Waals surface area (Å²) in [5.41, 5.74) is 12.5. The fourth-order valence-electron chi connectivity index (χ4n) is 1.59. The quantitative estimate of drug-likeness (QED) is 0.526. The molecule has 0 radical (unpaired) electrons. The predicted octanol–water partition coefficient (Wildman–Crippen LogP) is 0.0350. The molecule has 0 fully saturated rings. The van der Waals surface area contributed by atoms with E-state index in [1.54, 1.807) is 4.68 Å². The Labute approximate surface area is 101 Å². The molecule has 1 aromatic rings. The van der Waals surface area contributed by atoms with E-state index in [2.05, 4.69) is 22.7 Å². The Kier molecular flexibility index (Phi) is 4.62. The van der Waals surface area contributed by atoms with Crippen LogP contribution in [0.1, 0.15) is 19.0 Å². The van der Waals surface area contributed by atoms with Crippen LogP contribution in [0.3, 0.4) is 0 Å². The SMILES string of the molecule is CCCc1nn(C)c(NCCNC(N)=O)c1N. The van der Waals surface area contributed by atoms with Crippen LogP contribution in [0.2, 0.25) is 0 Å². The number of hydrogen-bond donors (Lipinski definition) is 4. The van der Waals surface area contributed by atoms with Gasteiger partial charge in [0.15, 0.2) is 0 Å². The molecule has 1 aromatic heterocycles. The Hall–Kier alpha value is -1.92. The van der Waals surface area contributed by atoms with Crippen LogP contribution in [0.25, 0.3) is 0 Å². The molecule has 0 saturated carbocycles. The highest BCUT2D eigenvalue weighted by Crippen LogP contribution is 2.22. The van der Waals surface area contributed by atoms with Gasteiger partial charge in [0.05, 0.1) is 11.4 Å². The Morgan fingerprint density at radius 3 is 2.76 bits per heavy atom. The molecule has 0 saturated heterocycles. The monoisotopic (exact) mass is 240 g/mol. The van der Waals surface area contributed by atoms with Crippen LogP contribution in [0.5, 0.6) is 0 Å². The van der Waals surface area contributed by atoms with E-state index in [9.17, 15) is 4.79 Å². The van der Waals surface area contributed by atoms with E-state index in [1.807, 2.05) is 7.05 Å². The number of carbonyl (C=O) groups excluding carboxylic acids is 1. The number of nitrogens with one attached hydrogen (secondary N) is 2. The molecule has 6 N–H and O–H groups in total. The number of carbonyl (C=O) groups is 1. The van der Waals surface area contributed by atoms with E-state index in [0.29, 0.717) is 18.8 Å². The number of nitrogen functional groups attached to an aromatic ring is 1. The van der Waals surface area contributed by atoms with E-state index in [-0.39, 0.29) is 0 Å². The van der Waals surface area contributed by atoms with Crippen molar-refractivity contribution in [1.29, 1.82) is 0 Å². The molecule has 0 aliphatic rings. The van der Waals surface area contributed by atoms with Crippen LogP contribution in [0.15, 0.2) is 0 Å². The van der Waals surface area contributed by atoms with Gasteiger partial charge in [-0.2, -0.15) is 5.10 Å². The summed E-state index contributed by atoms with van der Waals surface area (Å²) in [4.78, 5) is 10.5. The first-order valence-corrected chi connectivity index (χ1v) is 5.64. The molecule has 7 nitrogen and oxygen atoms in total. The number of aromatic nitrogens is 2. The number of urea groups is 1. The lowest BCUT2D eigenvalue weighted by Gasteiger charge is -2.07. The van der Waals surface area contributed by atoms with Crippen LogP contribution < -0.4 is 22.1 Å². The van der Waals surface area contributed by atoms with Crippen molar-refractivity contribution >= 4 is 17.5 Å². The summed E-state index contributed by atoms with van der Waals surface area (Å²) in [5, 5.41) is 9.94. The van der Waals surface area contributed by atoms with Gasteiger partial charge >= 0.3 is 6.03 Å². The largest absolute Gasteiger partial charge is 0.394 e. The number of primary amides is 1. The average Bonchev–Trinajstić information content (AvgIpc) is 2.51. The third kappa shape index (κ3) is 3.54. The Balaban J connectivity index is 2.55. The summed E-state index contributed by atoms with van der Waals surface area (Å²) in [6.07, 6.45) is 1.87. The van der Waals surface area contributed by atoms with Gasteiger partial charge in [-0.1, -0.05) is 13.3 Å². The molecule has 0 unspecified atom stereocenters. The van der Waals surface area contributed by atoms with Crippen molar-refractivity contribution in [2.75, 3.05) is 24.1 Å². The fraction of sp³-hybridized carbons (Fsp3) is 0.600. The molecule has 1 heterocycles. The highest BCUT2D eigenvalue weighted by atomic mass is 16.2. The van der Waals surface area contributed by atoms with Crippen molar-refractivity contribution in [3.05, 3.63) is 5.69 Å². The first-order valence-electron chi connectivity index (χ1n) is 5.64. The van der Waals surface area contributed by atoms with Gasteiger partial charge in [-0.15, -0.1) is 0 Å². The molecule has 0 atom stereocenters. The lowest BCUT2D eigenvalue weighted by molar-refractivity contribution is 0.249. The molecular formula is C10H20N6O. The molecule has 7 heteroatoms. The molecule has 0 spiro atoms. The lowest BCUT2D eigenvalue weighted by atomic mass is 10.2. The summed E-state index contributed by atoms with van der Waals surface area (Å²) >= 11 is 0. The first-order chi connectivity index (χ1) is 8.06. The number of hydrogen-bond acceptors (Lipinski definition) is 4. The van der Waals surface area contributed by atoms with Crippen molar-refractivity contribution in [3.63, 3.8) is 0 Å². The van der Waals surface area contributed by atoms with E-state index in [0.717, 1.165) is 24.4 Å². The first kappa shape index (κ1) is 13.1. The molecule has 0 aliphatic heterocycles. The predicted molar refractivity (Wildman–Crippen MR) is 67.7 cm³/mol. The van der Waals surface area contributed by atoms with Gasteiger partial charge in [-0.05, 0) is 6.42 Å². The molecule has 96 valence electrons. The maximum absolute atomic E-state index is 10.5. The molecule has 0 aliphatic carbocycles. The van der Waals surface area contributed by atoms with E-state index < -0.39 is 6.03 Å². The topological polar surface area (TPSA) is 111 Å². The number of anilines is 2. The number of amides is 2. The Morgan fingerprint density at radius 2 is 2.18 bits per heavy atom. The summed E-state index contributed by atoms with van der Waals surface area (Å²) in [6, 6.07) is -0.531. The number of rotatable bonds is 6. The second-order valence-corrected chi connectivity index (χ2v) is 3.80. The van der Waals surface area contributed by atoms with Gasteiger partial charge in [0.1, 0.15) is 5.82 Å². The third-order valence-electron chi connectivity index (χ3n) is 2.36. The third-order valence-corrected chi connectivity index (χ3v) is 2.36. The van der Waals surface area contributed by atoms with Gasteiger partial charge in [0.2, 0.25) is 0 Å². The minimum atomic E-state index is -0.531. The zero-order valence-electron chi connectivity index (χ0n) is 10.3. The van der Waals surface area contributed by atoms with Crippen LogP contribution in [-0.4, -0.2) is 28.9 Å². The average molecular weight is 240 g/mol. The van der Waals surface area contributed by atoms with E-state index >= 15 is 0 Å². The van der Waals surface area contributed by atoms with E-state index in [4.69, 9.17) is 11.5 Å². The van der Waals surface area contributed by atoms with Crippen LogP contribution in [0, 0.1) is 0 Å². The van der Waals surface area contributed by atoms with Crippen molar-refractivity contribution in [2.24, 2.45) is 12.8 Å². The van der Waals surface area contributed by atoms with Crippen molar-refractivity contribution < 1.29 is 4.79 Å². The lowest BCUT2D eigenvalue weighted by Crippen LogP contribution is -2.33. The minimum absolute atomic E-state index is 0.447. The molecule has 0 aromatic carbocycles. The normalized spacial score (nSPS) is 10.2. The van der Waals surface area contributed by atoms with Gasteiger partial charge in [-0.3, -0.25) is 4.68 Å². The Bertz CT molecular complexity index is 386. The highest BCUT2D eigenvalue weighted by Gasteiger charge is 2.11. The zero-order valence-corrected chi connectivity index (χ0v) is 10.3. The maximum Gasteiger partial charge on any atom is 0.312 e. The summed E-state index contributed by atoms with van der Waals surface area (Å²) in [5.74, 6) is 0.778. The summed E-state index contributed by atoms with van der Waals surface area (Å²) in [7, 11) is 1.83. The molecule has 1 rings (SSSR count). The van der Waals surface area contributed by atoms with Gasteiger partial charge < -0.3 is 22.1 Å². The van der Waals surface area contributed by atoms with Gasteiger partial charge in [0, 0.05) is 20.1 Å². The van der Waals surface area contributed by atoms with Gasteiger partial charge in [-0.25, -0.2) is 4.79 Å². The fourth-order valence-corrected chi connectivity index (χ4v) is 1.59. The highest BCUT2D eigenvalue weighted by molar-refractivity contribution is 5.71. The van der Waals surface area contributed by atoms with Crippen molar-refractivity contribution in [1.82, 2.24) is 15.1 Å². The summed E-state index contributed by atoms with van der Waals surface area (Å²) in [6.45, 7) is 3.08. The standard InChI is InChI=1S/C10H20N6O/c1-3-4-7-8(11)9(16(2)15-7)13-5-6-14-10(12)17/h13H,3-6,11H2,1-2H3,(H3,12,14,17).